The van der Waals surface area contributed by atoms with Gasteiger partial charge in [-0.05, 0) is 38.8 Å². The Kier molecular flexibility index (Phi) is 6.35. The van der Waals surface area contributed by atoms with E-state index in [1.807, 2.05) is 39.8 Å². The van der Waals surface area contributed by atoms with E-state index < -0.39 is 11.8 Å². The summed E-state index contributed by atoms with van der Waals surface area (Å²) in [5.41, 5.74) is 3.65. The number of methoxy groups -OCH3 is 2. The molecule has 0 saturated carbocycles. The first-order valence-electron chi connectivity index (χ1n) is 7.19. The summed E-state index contributed by atoms with van der Waals surface area (Å²) < 4.78 is 9.77. The van der Waals surface area contributed by atoms with Gasteiger partial charge in [-0.25, -0.2) is 0 Å². The summed E-state index contributed by atoms with van der Waals surface area (Å²) in [6, 6.07) is 0. The minimum absolute atomic E-state index is 0.341. The molecule has 1 aliphatic carbocycles. The number of ether oxygens (including phenoxy) is 2. The van der Waals surface area contributed by atoms with Crippen molar-refractivity contribution in [3.05, 3.63) is 46.6 Å². The molecule has 0 spiro atoms. The zero-order chi connectivity index (χ0) is 16.9. The average Bonchev–Trinajstić information content (AvgIpc) is 2.46. The third kappa shape index (κ3) is 4.20. The zero-order valence-corrected chi connectivity index (χ0v) is 14.1. The summed E-state index contributed by atoms with van der Waals surface area (Å²) in [4.78, 5) is 24.1. The fourth-order valence-corrected chi connectivity index (χ4v) is 2.42. The molecule has 0 aromatic carbocycles. The van der Waals surface area contributed by atoms with Crippen LogP contribution in [0.25, 0.3) is 0 Å². The lowest BCUT2D eigenvalue weighted by Gasteiger charge is -2.25. The Morgan fingerprint density at radius 1 is 0.818 bits per heavy atom. The van der Waals surface area contributed by atoms with Gasteiger partial charge in [0.05, 0.1) is 14.2 Å². The van der Waals surface area contributed by atoms with Gasteiger partial charge in [-0.1, -0.05) is 35.5 Å². The molecular formula is C18H24O4. The van der Waals surface area contributed by atoms with E-state index in [9.17, 15) is 9.59 Å². The van der Waals surface area contributed by atoms with E-state index in [4.69, 9.17) is 9.47 Å². The van der Waals surface area contributed by atoms with E-state index in [0.29, 0.717) is 0 Å². The van der Waals surface area contributed by atoms with Crippen LogP contribution < -0.4 is 0 Å². The topological polar surface area (TPSA) is 52.6 Å². The van der Waals surface area contributed by atoms with Crippen LogP contribution in [0, 0.1) is 11.8 Å². The molecular weight excluding hydrogens is 280 g/mol. The molecule has 0 radical (unpaired) electrons. The number of rotatable bonds is 4. The van der Waals surface area contributed by atoms with Gasteiger partial charge in [0.2, 0.25) is 0 Å². The van der Waals surface area contributed by atoms with Gasteiger partial charge in [0.15, 0.2) is 0 Å². The molecule has 0 fully saturated rings. The van der Waals surface area contributed by atoms with Crippen LogP contribution in [0.5, 0.6) is 0 Å². The highest BCUT2D eigenvalue weighted by molar-refractivity contribution is 5.85. The molecule has 0 aromatic rings. The van der Waals surface area contributed by atoms with Gasteiger partial charge in [0.25, 0.3) is 0 Å². The maximum Gasteiger partial charge on any atom is 0.317 e. The molecule has 22 heavy (non-hydrogen) atoms. The number of carbonyl (C=O) groups is 2. The summed E-state index contributed by atoms with van der Waals surface area (Å²) in [6.07, 6.45) is 7.28. The van der Waals surface area contributed by atoms with Gasteiger partial charge in [-0.3, -0.25) is 9.59 Å². The lowest BCUT2D eigenvalue weighted by atomic mass is 9.80. The molecule has 0 saturated heterocycles. The number of esters is 2. The van der Waals surface area contributed by atoms with Gasteiger partial charge in [-0.2, -0.15) is 0 Å². The smallest absolute Gasteiger partial charge is 0.317 e. The summed E-state index contributed by atoms with van der Waals surface area (Å²) in [7, 11) is 2.73. The molecule has 1 aliphatic rings. The molecule has 1 rings (SSSR count). The van der Waals surface area contributed by atoms with Crippen LogP contribution in [0.2, 0.25) is 0 Å². The predicted octanol–water partition coefficient (Wildman–Crippen LogP) is 3.36. The Morgan fingerprint density at radius 2 is 1.14 bits per heavy atom. The molecule has 4 heteroatoms. The van der Waals surface area contributed by atoms with Crippen molar-refractivity contribution >= 4 is 11.9 Å². The van der Waals surface area contributed by atoms with Crippen molar-refractivity contribution in [2.24, 2.45) is 11.8 Å². The fraction of sp³-hybridized carbons (Fsp3) is 0.444. The molecule has 0 heterocycles. The third-order valence-corrected chi connectivity index (χ3v) is 3.30. The first-order chi connectivity index (χ1) is 10.3. The van der Waals surface area contributed by atoms with E-state index in [0.717, 1.165) is 22.3 Å². The van der Waals surface area contributed by atoms with Crippen molar-refractivity contribution in [3.8, 4) is 0 Å². The second-order valence-corrected chi connectivity index (χ2v) is 5.74. The Morgan fingerprint density at radius 3 is 1.36 bits per heavy atom. The third-order valence-electron chi connectivity index (χ3n) is 3.30. The lowest BCUT2D eigenvalue weighted by Crippen LogP contribution is -2.26. The monoisotopic (exact) mass is 304 g/mol. The van der Waals surface area contributed by atoms with Gasteiger partial charge in [-0.15, -0.1) is 0 Å². The first kappa shape index (κ1) is 18.0. The number of allylic oxidation sites excluding steroid dienone is 4. The molecule has 0 amide bonds. The van der Waals surface area contributed by atoms with Crippen LogP contribution in [0.3, 0.4) is 0 Å². The van der Waals surface area contributed by atoms with Crippen LogP contribution in [0.4, 0.5) is 0 Å². The van der Waals surface area contributed by atoms with E-state index >= 15 is 0 Å². The van der Waals surface area contributed by atoms with E-state index in [2.05, 4.69) is 0 Å². The Bertz CT molecular complexity index is 518. The molecule has 2 atom stereocenters. The maximum atomic E-state index is 12.1. The molecule has 0 aromatic heterocycles. The SMILES string of the molecule is COC(=O)[C@@H]1C=C[C@@H](C(=O)OC)C(C=C(C)C)=C1C=C(C)C. The highest BCUT2D eigenvalue weighted by atomic mass is 16.5. The van der Waals surface area contributed by atoms with Gasteiger partial charge >= 0.3 is 11.9 Å². The van der Waals surface area contributed by atoms with Crippen LogP contribution in [0.1, 0.15) is 27.7 Å². The van der Waals surface area contributed by atoms with Crippen molar-refractivity contribution in [2.75, 3.05) is 14.2 Å². The highest BCUT2D eigenvalue weighted by Crippen LogP contribution is 2.34. The standard InChI is InChI=1S/C18H24O4/c1-11(2)9-15-13(17(19)21-5)7-8-14(18(20)22-6)16(15)10-12(3)4/h7-10,13-14H,1-6H3/t13-,14-/m1/s1. The number of carbonyl (C=O) groups excluding carboxylic acids is 2. The normalized spacial score (nSPS) is 20.3. The summed E-state index contributed by atoms with van der Waals surface area (Å²) in [5, 5.41) is 0. The van der Waals surface area contributed by atoms with E-state index in [1.165, 1.54) is 14.2 Å². The largest absolute Gasteiger partial charge is 0.468 e. The number of hydrogen-bond acceptors (Lipinski definition) is 4. The van der Waals surface area contributed by atoms with Crippen molar-refractivity contribution in [1.29, 1.82) is 0 Å². The van der Waals surface area contributed by atoms with Gasteiger partial charge in [0.1, 0.15) is 11.8 Å². The van der Waals surface area contributed by atoms with Crippen LogP contribution in [-0.2, 0) is 19.1 Å². The highest BCUT2D eigenvalue weighted by Gasteiger charge is 2.32. The quantitative estimate of drug-likeness (QED) is 0.590. The van der Waals surface area contributed by atoms with Crippen LogP contribution >= 0.6 is 0 Å². The minimum atomic E-state index is -0.508. The van der Waals surface area contributed by atoms with Crippen molar-refractivity contribution in [2.45, 2.75) is 27.7 Å². The first-order valence-corrected chi connectivity index (χ1v) is 7.19. The van der Waals surface area contributed by atoms with Gasteiger partial charge < -0.3 is 9.47 Å². The van der Waals surface area contributed by atoms with E-state index in [1.54, 1.807) is 12.2 Å². The molecule has 0 N–H and O–H groups in total. The maximum absolute atomic E-state index is 12.1. The van der Waals surface area contributed by atoms with Gasteiger partial charge in [0, 0.05) is 0 Å². The Hall–Kier alpha value is -2.10. The average molecular weight is 304 g/mol. The summed E-state index contributed by atoms with van der Waals surface area (Å²) in [6.45, 7) is 7.81. The van der Waals surface area contributed by atoms with Crippen molar-refractivity contribution < 1.29 is 19.1 Å². The second kappa shape index (κ2) is 7.78. The second-order valence-electron chi connectivity index (χ2n) is 5.74. The van der Waals surface area contributed by atoms with Crippen molar-refractivity contribution in [3.63, 3.8) is 0 Å². The Balaban J connectivity index is 3.55. The fourth-order valence-electron chi connectivity index (χ4n) is 2.42. The Labute approximate surface area is 132 Å². The lowest BCUT2D eigenvalue weighted by molar-refractivity contribution is -0.144. The van der Waals surface area contributed by atoms with Crippen LogP contribution in [0.15, 0.2) is 46.6 Å². The summed E-state index contributed by atoms with van der Waals surface area (Å²) in [5.74, 6) is -1.70. The molecule has 0 bridgehead atoms. The summed E-state index contributed by atoms with van der Waals surface area (Å²) >= 11 is 0. The zero-order valence-electron chi connectivity index (χ0n) is 14.1. The number of hydrogen-bond donors (Lipinski definition) is 0. The molecule has 0 aliphatic heterocycles. The van der Waals surface area contributed by atoms with Crippen LogP contribution in [-0.4, -0.2) is 26.2 Å². The molecule has 120 valence electrons. The minimum Gasteiger partial charge on any atom is -0.468 e. The van der Waals surface area contributed by atoms with Crippen molar-refractivity contribution in [1.82, 2.24) is 0 Å². The molecule has 4 nitrogen and oxygen atoms in total. The predicted molar refractivity (Wildman–Crippen MR) is 86.0 cm³/mol. The molecule has 0 unspecified atom stereocenters. The van der Waals surface area contributed by atoms with E-state index in [-0.39, 0.29) is 11.9 Å².